The van der Waals surface area contributed by atoms with Gasteiger partial charge in [-0.15, -0.1) is 0 Å². The lowest BCUT2D eigenvalue weighted by molar-refractivity contribution is -0.135. The van der Waals surface area contributed by atoms with Crippen LogP contribution in [0.25, 0.3) is 0 Å². The second-order valence-electron chi connectivity index (χ2n) is 6.20. The van der Waals surface area contributed by atoms with Crippen LogP contribution in [0.5, 0.6) is 0 Å². The SMILES string of the molecule is Cc1n[nH]c(C)c1NC(=O)C1CCCN(C(=O)C2CC2)C1. The first-order valence-corrected chi connectivity index (χ1v) is 7.67. The van der Waals surface area contributed by atoms with Crippen molar-refractivity contribution in [2.75, 3.05) is 18.4 Å². The molecule has 1 saturated heterocycles. The van der Waals surface area contributed by atoms with E-state index < -0.39 is 0 Å². The third-order valence-electron chi connectivity index (χ3n) is 4.41. The Hall–Kier alpha value is -1.85. The number of aryl methyl sites for hydroxylation is 2. The number of hydrogen-bond acceptors (Lipinski definition) is 3. The fourth-order valence-corrected chi connectivity index (χ4v) is 2.94. The number of amides is 2. The molecule has 1 aromatic heterocycles. The topological polar surface area (TPSA) is 78.1 Å². The molecule has 2 amide bonds. The molecule has 2 fully saturated rings. The summed E-state index contributed by atoms with van der Waals surface area (Å²) in [4.78, 5) is 26.4. The minimum atomic E-state index is -0.116. The van der Waals surface area contributed by atoms with Crippen LogP contribution in [0, 0.1) is 25.7 Å². The van der Waals surface area contributed by atoms with Crippen molar-refractivity contribution in [1.82, 2.24) is 15.1 Å². The van der Waals surface area contributed by atoms with Gasteiger partial charge in [0, 0.05) is 19.0 Å². The molecule has 1 atom stereocenters. The molecule has 21 heavy (non-hydrogen) atoms. The molecule has 0 aromatic carbocycles. The van der Waals surface area contributed by atoms with E-state index in [0.29, 0.717) is 6.54 Å². The number of aromatic amines is 1. The molecule has 2 N–H and O–H groups in total. The van der Waals surface area contributed by atoms with Crippen molar-refractivity contribution in [1.29, 1.82) is 0 Å². The van der Waals surface area contributed by atoms with Crippen molar-refractivity contribution in [2.24, 2.45) is 11.8 Å². The van der Waals surface area contributed by atoms with Crippen molar-refractivity contribution < 1.29 is 9.59 Å². The lowest BCUT2D eigenvalue weighted by Gasteiger charge is -2.32. The van der Waals surface area contributed by atoms with Crippen molar-refractivity contribution in [3.05, 3.63) is 11.4 Å². The van der Waals surface area contributed by atoms with Crippen LogP contribution in [0.3, 0.4) is 0 Å². The van der Waals surface area contributed by atoms with Gasteiger partial charge in [0.25, 0.3) is 0 Å². The molecule has 1 saturated carbocycles. The average molecular weight is 290 g/mol. The van der Waals surface area contributed by atoms with Crippen LogP contribution in [0.1, 0.15) is 37.1 Å². The fraction of sp³-hybridized carbons (Fsp3) is 0.667. The van der Waals surface area contributed by atoms with Gasteiger partial charge in [0.2, 0.25) is 11.8 Å². The smallest absolute Gasteiger partial charge is 0.229 e. The Kier molecular flexibility index (Phi) is 3.69. The lowest BCUT2D eigenvalue weighted by Crippen LogP contribution is -2.44. The highest BCUT2D eigenvalue weighted by Gasteiger charge is 2.36. The summed E-state index contributed by atoms with van der Waals surface area (Å²) in [5.74, 6) is 0.347. The summed E-state index contributed by atoms with van der Waals surface area (Å²) in [7, 11) is 0. The number of hydrogen-bond donors (Lipinski definition) is 2. The molecule has 6 heteroatoms. The van der Waals surface area contributed by atoms with Gasteiger partial charge in [0.15, 0.2) is 0 Å². The molecule has 2 heterocycles. The number of anilines is 1. The number of piperidine rings is 1. The van der Waals surface area contributed by atoms with Crippen LogP contribution in [0.2, 0.25) is 0 Å². The van der Waals surface area contributed by atoms with Crippen LogP contribution < -0.4 is 5.32 Å². The Bertz CT molecular complexity index is 543. The van der Waals surface area contributed by atoms with E-state index in [-0.39, 0.29) is 23.7 Å². The number of carbonyl (C=O) groups is 2. The molecule has 6 nitrogen and oxygen atoms in total. The van der Waals surface area contributed by atoms with Crippen molar-refractivity contribution >= 4 is 17.5 Å². The average Bonchev–Trinajstić information content (AvgIpc) is 3.29. The van der Waals surface area contributed by atoms with Crippen molar-refractivity contribution in [3.8, 4) is 0 Å². The van der Waals surface area contributed by atoms with Crippen molar-refractivity contribution in [2.45, 2.75) is 39.5 Å². The Balaban J connectivity index is 1.63. The molecule has 0 radical (unpaired) electrons. The second kappa shape index (κ2) is 5.50. The Morgan fingerprint density at radius 1 is 1.24 bits per heavy atom. The quantitative estimate of drug-likeness (QED) is 0.888. The largest absolute Gasteiger partial charge is 0.342 e. The molecule has 1 aromatic rings. The number of H-pyrrole nitrogens is 1. The van der Waals surface area contributed by atoms with E-state index >= 15 is 0 Å². The zero-order valence-corrected chi connectivity index (χ0v) is 12.6. The third-order valence-corrected chi connectivity index (χ3v) is 4.41. The van der Waals surface area contributed by atoms with Gasteiger partial charge in [0.1, 0.15) is 0 Å². The predicted molar refractivity (Wildman–Crippen MR) is 78.7 cm³/mol. The Morgan fingerprint density at radius 2 is 2.00 bits per heavy atom. The van der Waals surface area contributed by atoms with E-state index in [1.165, 1.54) is 0 Å². The van der Waals surface area contributed by atoms with Crippen LogP contribution in [-0.2, 0) is 9.59 Å². The fourth-order valence-electron chi connectivity index (χ4n) is 2.94. The molecule has 1 aliphatic carbocycles. The van der Waals surface area contributed by atoms with E-state index in [9.17, 15) is 9.59 Å². The van der Waals surface area contributed by atoms with Gasteiger partial charge in [-0.2, -0.15) is 5.10 Å². The molecule has 1 unspecified atom stereocenters. The first-order chi connectivity index (χ1) is 10.1. The normalized spacial score (nSPS) is 22.2. The zero-order valence-electron chi connectivity index (χ0n) is 12.6. The summed E-state index contributed by atoms with van der Waals surface area (Å²) < 4.78 is 0. The molecule has 0 spiro atoms. The Labute approximate surface area is 124 Å². The van der Waals surface area contributed by atoms with E-state index in [1.807, 2.05) is 18.7 Å². The molecule has 1 aliphatic heterocycles. The molecule has 0 bridgehead atoms. The molecule has 2 aliphatic rings. The van der Waals surface area contributed by atoms with Gasteiger partial charge in [0.05, 0.1) is 23.0 Å². The van der Waals surface area contributed by atoms with Crippen molar-refractivity contribution in [3.63, 3.8) is 0 Å². The standard InChI is InChI=1S/C15H22N4O2/c1-9-13(10(2)18-17-9)16-14(20)12-4-3-7-19(8-12)15(21)11-5-6-11/h11-12H,3-8H2,1-2H3,(H,16,20)(H,17,18). The predicted octanol–water partition coefficient (Wildman–Crippen LogP) is 1.61. The summed E-state index contributed by atoms with van der Waals surface area (Å²) in [6.45, 7) is 5.10. The summed E-state index contributed by atoms with van der Waals surface area (Å²) in [5, 5.41) is 9.91. The first kappa shape index (κ1) is 14.1. The maximum absolute atomic E-state index is 12.4. The first-order valence-electron chi connectivity index (χ1n) is 7.67. The molecule has 114 valence electrons. The number of nitrogens with zero attached hydrogens (tertiary/aromatic N) is 2. The monoisotopic (exact) mass is 290 g/mol. The van der Waals surface area contributed by atoms with E-state index in [0.717, 1.165) is 49.3 Å². The molecule has 3 rings (SSSR count). The zero-order chi connectivity index (χ0) is 15.0. The van der Waals surface area contributed by atoms with E-state index in [1.54, 1.807) is 0 Å². The highest BCUT2D eigenvalue weighted by molar-refractivity contribution is 5.94. The summed E-state index contributed by atoms with van der Waals surface area (Å²) in [6.07, 6.45) is 3.77. The van der Waals surface area contributed by atoms with Crippen LogP contribution in [0.4, 0.5) is 5.69 Å². The highest BCUT2D eigenvalue weighted by atomic mass is 16.2. The molecular weight excluding hydrogens is 268 g/mol. The van der Waals surface area contributed by atoms with Gasteiger partial charge < -0.3 is 10.2 Å². The maximum atomic E-state index is 12.4. The van der Waals surface area contributed by atoms with E-state index in [2.05, 4.69) is 15.5 Å². The van der Waals surface area contributed by atoms with Gasteiger partial charge >= 0.3 is 0 Å². The summed E-state index contributed by atoms with van der Waals surface area (Å²) >= 11 is 0. The summed E-state index contributed by atoms with van der Waals surface area (Å²) in [5.41, 5.74) is 2.43. The minimum absolute atomic E-state index is 0.00380. The van der Waals surface area contributed by atoms with E-state index in [4.69, 9.17) is 0 Å². The second-order valence-corrected chi connectivity index (χ2v) is 6.20. The number of rotatable bonds is 3. The van der Waals surface area contributed by atoms with Gasteiger partial charge in [-0.25, -0.2) is 0 Å². The van der Waals surface area contributed by atoms with Gasteiger partial charge in [-0.05, 0) is 39.5 Å². The van der Waals surface area contributed by atoms with Crippen LogP contribution in [0.15, 0.2) is 0 Å². The maximum Gasteiger partial charge on any atom is 0.229 e. The van der Waals surface area contributed by atoms with Crippen LogP contribution >= 0.6 is 0 Å². The number of likely N-dealkylation sites (tertiary alicyclic amines) is 1. The van der Waals surface area contributed by atoms with Gasteiger partial charge in [-0.3, -0.25) is 14.7 Å². The lowest BCUT2D eigenvalue weighted by atomic mass is 9.96. The number of aromatic nitrogens is 2. The molecular formula is C15H22N4O2. The number of carbonyl (C=O) groups excluding carboxylic acids is 2. The highest BCUT2D eigenvalue weighted by Crippen LogP contribution is 2.32. The van der Waals surface area contributed by atoms with Crippen LogP contribution in [-0.4, -0.2) is 40.0 Å². The van der Waals surface area contributed by atoms with Gasteiger partial charge in [-0.1, -0.05) is 0 Å². The third kappa shape index (κ3) is 2.94. The summed E-state index contributed by atoms with van der Waals surface area (Å²) in [6, 6.07) is 0. The Morgan fingerprint density at radius 3 is 2.62 bits per heavy atom. The minimum Gasteiger partial charge on any atom is -0.342 e. The number of nitrogens with one attached hydrogen (secondary N) is 2.